The lowest BCUT2D eigenvalue weighted by Gasteiger charge is -2.13. The molecule has 0 saturated heterocycles. The number of hydrogen-bond acceptors (Lipinski definition) is 2. The summed E-state index contributed by atoms with van der Waals surface area (Å²) in [5, 5.41) is 5.07. The van der Waals surface area contributed by atoms with Crippen molar-refractivity contribution in [1.82, 2.24) is 28.2 Å². The summed E-state index contributed by atoms with van der Waals surface area (Å²) in [6, 6.07) is 52.2. The fourth-order valence-electron chi connectivity index (χ4n) is 7.58. The van der Waals surface area contributed by atoms with E-state index in [-0.39, 0.29) is 0 Å². The first-order valence-electron chi connectivity index (χ1n) is 17.0. The van der Waals surface area contributed by atoms with Crippen molar-refractivity contribution in [3.05, 3.63) is 182 Å². The van der Waals surface area contributed by atoms with Crippen LogP contribution in [-0.2, 0) is 13.1 Å². The first-order valence-corrected chi connectivity index (χ1v) is 17.0. The summed E-state index contributed by atoms with van der Waals surface area (Å²) >= 11 is 0. The first-order chi connectivity index (χ1) is 24.8. The van der Waals surface area contributed by atoms with Gasteiger partial charge in [-0.05, 0) is 59.7 Å². The van der Waals surface area contributed by atoms with Gasteiger partial charge in [-0.2, -0.15) is 0 Å². The van der Waals surface area contributed by atoms with Gasteiger partial charge in [0.2, 0.25) is 0 Å². The Morgan fingerprint density at radius 3 is 1.02 bits per heavy atom. The van der Waals surface area contributed by atoms with Gasteiger partial charge in [-0.25, -0.2) is 9.97 Å². The van der Waals surface area contributed by atoms with Crippen LogP contribution in [0.25, 0.3) is 66.6 Å². The molecule has 0 spiro atoms. The molecule has 0 aliphatic rings. The van der Waals surface area contributed by atoms with Crippen LogP contribution in [0, 0.1) is 0 Å². The van der Waals surface area contributed by atoms with Gasteiger partial charge in [0.15, 0.2) is 11.6 Å². The Bertz CT molecular complexity index is 2510. The highest BCUT2D eigenvalue weighted by Crippen LogP contribution is 2.33. The predicted molar refractivity (Wildman–Crippen MR) is 203 cm³/mol. The molecule has 6 aromatic carbocycles. The molecular formula is C44H32N6. The molecule has 6 heteroatoms. The third-order valence-electron chi connectivity index (χ3n) is 9.89. The number of para-hydroxylation sites is 4. The largest absolute Gasteiger partial charge is 0.324 e. The Balaban J connectivity index is 0.916. The van der Waals surface area contributed by atoms with Crippen LogP contribution in [-0.4, -0.2) is 28.2 Å². The molecule has 4 aromatic heterocycles. The van der Waals surface area contributed by atoms with E-state index in [1.54, 1.807) is 0 Å². The van der Waals surface area contributed by atoms with Crippen molar-refractivity contribution < 1.29 is 0 Å². The quantitative estimate of drug-likeness (QED) is 0.173. The van der Waals surface area contributed by atoms with E-state index >= 15 is 0 Å². The molecule has 0 aliphatic heterocycles. The molecular weight excluding hydrogens is 613 g/mol. The lowest BCUT2D eigenvalue weighted by molar-refractivity contribution is 0.760. The first kappa shape index (κ1) is 28.4. The van der Waals surface area contributed by atoms with E-state index < -0.39 is 0 Å². The topological polar surface area (TPSA) is 45.5 Å². The van der Waals surface area contributed by atoms with Crippen LogP contribution in [0.3, 0.4) is 0 Å². The number of rotatable bonds is 7. The van der Waals surface area contributed by atoms with E-state index in [9.17, 15) is 0 Å². The lowest BCUT2D eigenvalue weighted by Crippen LogP contribution is -2.07. The fourth-order valence-corrected chi connectivity index (χ4v) is 7.58. The van der Waals surface area contributed by atoms with Crippen LogP contribution < -0.4 is 0 Å². The molecule has 0 unspecified atom stereocenters. The lowest BCUT2D eigenvalue weighted by atomic mass is 10.2. The van der Waals surface area contributed by atoms with E-state index in [0.717, 1.165) is 23.0 Å². The summed E-state index contributed by atoms with van der Waals surface area (Å²) < 4.78 is 9.06. The van der Waals surface area contributed by atoms with E-state index in [2.05, 4.69) is 164 Å². The minimum Gasteiger partial charge on any atom is -0.324 e. The second kappa shape index (κ2) is 11.5. The summed E-state index contributed by atoms with van der Waals surface area (Å²) in [6.45, 7) is 1.40. The van der Waals surface area contributed by atoms with Crippen LogP contribution in [0.5, 0.6) is 0 Å². The Hall–Kier alpha value is -6.66. The molecule has 0 fully saturated rings. The van der Waals surface area contributed by atoms with E-state index in [0.29, 0.717) is 13.1 Å². The number of hydrogen-bond donors (Lipinski definition) is 0. The summed E-state index contributed by atoms with van der Waals surface area (Å²) in [7, 11) is 0. The van der Waals surface area contributed by atoms with E-state index in [1.165, 1.54) is 54.7 Å². The fraction of sp³-hybridized carbons (Fsp3) is 0.0455. The number of nitrogens with zero attached hydrogens (tertiary/aromatic N) is 6. The standard InChI is InChI=1S/C44H32N6/c1-5-13-39-35(9-1)36-10-2-6-14-40(36)49(39)33-21-17-31(18-22-33)29-47-27-25-45-43(47)44-46-26-28-48(44)30-32-19-23-34(24-20-32)50-41-15-7-3-11-37(41)38-12-4-8-16-42(38)50/h1-28H,29-30H2. The van der Waals surface area contributed by atoms with Gasteiger partial charge in [0.05, 0.1) is 22.1 Å². The molecule has 4 heterocycles. The van der Waals surface area contributed by atoms with Crippen molar-refractivity contribution in [2.24, 2.45) is 0 Å². The highest BCUT2D eigenvalue weighted by molar-refractivity contribution is 6.10. The normalized spacial score (nSPS) is 11.8. The summed E-state index contributed by atoms with van der Waals surface area (Å²) in [4.78, 5) is 9.52. The van der Waals surface area contributed by atoms with Gasteiger partial charge in [0.25, 0.3) is 0 Å². The van der Waals surface area contributed by atoms with Gasteiger partial charge in [-0.3, -0.25) is 0 Å². The smallest absolute Gasteiger partial charge is 0.176 e. The van der Waals surface area contributed by atoms with Crippen LogP contribution in [0.1, 0.15) is 11.1 Å². The van der Waals surface area contributed by atoms with Crippen molar-refractivity contribution in [3.8, 4) is 23.0 Å². The molecule has 10 aromatic rings. The summed E-state index contributed by atoms with van der Waals surface area (Å²) in [5.74, 6) is 1.70. The predicted octanol–water partition coefficient (Wildman–Crippen LogP) is 10.0. The number of aromatic nitrogens is 6. The van der Waals surface area contributed by atoms with Crippen LogP contribution in [0.4, 0.5) is 0 Å². The van der Waals surface area contributed by atoms with Crippen LogP contribution >= 0.6 is 0 Å². The van der Waals surface area contributed by atoms with Crippen LogP contribution in [0.2, 0.25) is 0 Å². The molecule has 0 amide bonds. The second-order valence-electron chi connectivity index (χ2n) is 12.8. The van der Waals surface area contributed by atoms with Crippen molar-refractivity contribution in [3.63, 3.8) is 0 Å². The molecule has 0 saturated carbocycles. The van der Waals surface area contributed by atoms with Gasteiger partial charge >= 0.3 is 0 Å². The van der Waals surface area contributed by atoms with E-state index in [4.69, 9.17) is 9.97 Å². The Morgan fingerprint density at radius 2 is 0.680 bits per heavy atom. The molecule has 50 heavy (non-hydrogen) atoms. The minimum atomic E-state index is 0.698. The zero-order chi connectivity index (χ0) is 33.0. The second-order valence-corrected chi connectivity index (χ2v) is 12.8. The molecule has 0 N–H and O–H groups in total. The van der Waals surface area contributed by atoms with Crippen molar-refractivity contribution >= 4 is 43.6 Å². The summed E-state index contributed by atoms with van der Waals surface area (Å²) in [5.41, 5.74) is 9.56. The van der Waals surface area contributed by atoms with E-state index in [1.807, 2.05) is 24.8 Å². The van der Waals surface area contributed by atoms with Gasteiger partial charge in [-0.1, -0.05) is 97.1 Å². The molecule has 0 radical (unpaired) electrons. The van der Waals surface area contributed by atoms with Gasteiger partial charge in [-0.15, -0.1) is 0 Å². The zero-order valence-electron chi connectivity index (χ0n) is 27.3. The average molecular weight is 645 g/mol. The molecule has 0 atom stereocenters. The third-order valence-corrected chi connectivity index (χ3v) is 9.89. The monoisotopic (exact) mass is 644 g/mol. The van der Waals surface area contributed by atoms with Crippen LogP contribution in [0.15, 0.2) is 170 Å². The Labute approximate surface area is 288 Å². The highest BCUT2D eigenvalue weighted by atomic mass is 15.2. The van der Waals surface area contributed by atoms with Gasteiger partial charge in [0, 0.05) is 70.8 Å². The minimum absolute atomic E-state index is 0.698. The number of fused-ring (bicyclic) bond motifs is 6. The Morgan fingerprint density at radius 1 is 0.360 bits per heavy atom. The zero-order valence-corrected chi connectivity index (χ0v) is 27.3. The molecule has 0 aliphatic carbocycles. The molecule has 10 rings (SSSR count). The molecule has 238 valence electrons. The average Bonchev–Trinajstić information content (AvgIpc) is 3.96. The van der Waals surface area contributed by atoms with Crippen molar-refractivity contribution in [2.75, 3.05) is 0 Å². The molecule has 6 nitrogen and oxygen atoms in total. The summed E-state index contributed by atoms with van der Waals surface area (Å²) in [6.07, 6.45) is 7.80. The van der Waals surface area contributed by atoms with Crippen molar-refractivity contribution in [2.45, 2.75) is 13.1 Å². The van der Waals surface area contributed by atoms with Crippen molar-refractivity contribution in [1.29, 1.82) is 0 Å². The number of benzene rings is 6. The number of imidazole rings is 2. The maximum atomic E-state index is 4.76. The third kappa shape index (κ3) is 4.57. The Kier molecular flexibility index (Phi) is 6.52. The maximum absolute atomic E-state index is 4.76. The van der Waals surface area contributed by atoms with Gasteiger partial charge < -0.3 is 18.3 Å². The van der Waals surface area contributed by atoms with Gasteiger partial charge in [0.1, 0.15) is 0 Å². The SMILES string of the molecule is c1ccc2c(c1)c1ccccc1n2-c1ccc(Cn2ccnc2-c2nccn2Cc2ccc(-n3c4ccccc4c4ccccc43)cc2)cc1. The highest BCUT2D eigenvalue weighted by Gasteiger charge is 2.16. The maximum Gasteiger partial charge on any atom is 0.176 e. The molecule has 0 bridgehead atoms.